The Labute approximate surface area is 187 Å². The molecule has 1 amide bonds. The quantitative estimate of drug-likeness (QED) is 0.599. The second kappa shape index (κ2) is 7.56. The molecule has 0 spiro atoms. The summed E-state index contributed by atoms with van der Waals surface area (Å²) in [5, 5.41) is 13.0. The lowest BCUT2D eigenvalue weighted by atomic mass is 9.79. The van der Waals surface area contributed by atoms with Crippen molar-refractivity contribution < 1.29 is 13.8 Å². The van der Waals surface area contributed by atoms with Crippen molar-refractivity contribution in [2.45, 2.75) is 78.2 Å². The Kier molecular flexibility index (Phi) is 4.94. The first kappa shape index (κ1) is 20.9. The average Bonchev–Trinajstić information content (AvgIpc) is 3.31. The van der Waals surface area contributed by atoms with Crippen molar-refractivity contribution in [1.82, 2.24) is 30.0 Å². The molecule has 1 aliphatic carbocycles. The highest BCUT2D eigenvalue weighted by Crippen LogP contribution is 2.41. The molecule has 0 radical (unpaired) electrons. The Balaban J connectivity index is 1.30. The molecule has 9 heteroatoms. The van der Waals surface area contributed by atoms with Gasteiger partial charge in [0.05, 0.1) is 12.2 Å². The van der Waals surface area contributed by atoms with Gasteiger partial charge >= 0.3 is 0 Å². The fourth-order valence-electron chi connectivity index (χ4n) is 4.39. The summed E-state index contributed by atoms with van der Waals surface area (Å²) in [6.45, 7) is 11.8. The number of carbonyl (C=O) groups excluding carboxylic acids is 1. The standard InChI is InChI=1S/C23H30N6O3/c1-13-14(2)25-29(15(13)3)12-18-16(4)31-26-19(18)21(30)28-10-8-23(5,9-11-28)22-24-20(32-27-22)17-6-7-17/h17H,6-12H2,1-5H3. The van der Waals surface area contributed by atoms with E-state index in [4.69, 9.17) is 9.05 Å². The maximum Gasteiger partial charge on any atom is 0.276 e. The monoisotopic (exact) mass is 438 g/mol. The SMILES string of the molecule is Cc1nn(Cc2c(C(=O)N3CCC(C)(c4noc(C5CC5)n4)CC3)noc2C)c(C)c1C. The van der Waals surface area contributed by atoms with Crippen LogP contribution in [-0.2, 0) is 12.0 Å². The van der Waals surface area contributed by atoms with Crippen LogP contribution in [0.4, 0.5) is 0 Å². The first-order valence-corrected chi connectivity index (χ1v) is 11.4. The number of carbonyl (C=O) groups is 1. The third-order valence-corrected chi connectivity index (χ3v) is 7.30. The van der Waals surface area contributed by atoms with Gasteiger partial charge in [0.2, 0.25) is 5.89 Å². The van der Waals surface area contributed by atoms with Gasteiger partial charge < -0.3 is 13.9 Å². The minimum Gasteiger partial charge on any atom is -0.361 e. The molecule has 0 aromatic carbocycles. The zero-order valence-electron chi connectivity index (χ0n) is 19.4. The molecular weight excluding hydrogens is 408 g/mol. The van der Waals surface area contributed by atoms with Crippen LogP contribution in [0.1, 0.15) is 89.0 Å². The van der Waals surface area contributed by atoms with E-state index in [0.29, 0.717) is 37.0 Å². The van der Waals surface area contributed by atoms with Crippen LogP contribution >= 0.6 is 0 Å². The highest BCUT2D eigenvalue weighted by Gasteiger charge is 2.40. The number of hydrogen-bond acceptors (Lipinski definition) is 7. The summed E-state index contributed by atoms with van der Waals surface area (Å²) in [6.07, 6.45) is 3.84. The predicted octanol–water partition coefficient (Wildman–Crippen LogP) is 3.61. The van der Waals surface area contributed by atoms with Gasteiger partial charge in [0.1, 0.15) is 5.76 Å². The fourth-order valence-corrected chi connectivity index (χ4v) is 4.39. The summed E-state index contributed by atoms with van der Waals surface area (Å²) in [4.78, 5) is 19.9. The van der Waals surface area contributed by atoms with E-state index in [0.717, 1.165) is 59.9 Å². The molecule has 1 saturated carbocycles. The number of rotatable bonds is 5. The maximum absolute atomic E-state index is 13.4. The van der Waals surface area contributed by atoms with E-state index in [1.807, 2.05) is 30.4 Å². The Morgan fingerprint density at radius 2 is 1.81 bits per heavy atom. The van der Waals surface area contributed by atoms with Gasteiger partial charge in [0.15, 0.2) is 11.5 Å². The smallest absolute Gasteiger partial charge is 0.276 e. The number of hydrogen-bond donors (Lipinski definition) is 0. The van der Waals surface area contributed by atoms with Crippen molar-refractivity contribution in [3.63, 3.8) is 0 Å². The van der Waals surface area contributed by atoms with Crippen LogP contribution in [0.2, 0.25) is 0 Å². The molecule has 0 atom stereocenters. The zero-order valence-corrected chi connectivity index (χ0v) is 19.4. The lowest BCUT2D eigenvalue weighted by Crippen LogP contribution is -2.44. The van der Waals surface area contributed by atoms with Gasteiger partial charge in [0.25, 0.3) is 5.91 Å². The Morgan fingerprint density at radius 3 is 2.44 bits per heavy atom. The van der Waals surface area contributed by atoms with E-state index in [2.05, 4.69) is 34.2 Å². The summed E-state index contributed by atoms with van der Waals surface area (Å²) in [7, 11) is 0. The number of piperidine rings is 1. The van der Waals surface area contributed by atoms with Gasteiger partial charge in [-0.2, -0.15) is 10.1 Å². The topological polar surface area (TPSA) is 103 Å². The molecule has 0 bridgehead atoms. The van der Waals surface area contributed by atoms with Crippen LogP contribution in [0.15, 0.2) is 9.05 Å². The molecule has 9 nitrogen and oxygen atoms in total. The summed E-state index contributed by atoms with van der Waals surface area (Å²) >= 11 is 0. The lowest BCUT2D eigenvalue weighted by Gasteiger charge is -2.37. The van der Waals surface area contributed by atoms with E-state index in [-0.39, 0.29) is 11.3 Å². The lowest BCUT2D eigenvalue weighted by molar-refractivity contribution is 0.0658. The van der Waals surface area contributed by atoms with Crippen LogP contribution in [0.25, 0.3) is 0 Å². The van der Waals surface area contributed by atoms with Crippen molar-refractivity contribution in [1.29, 1.82) is 0 Å². The van der Waals surface area contributed by atoms with Gasteiger partial charge in [-0.25, -0.2) is 0 Å². The molecule has 2 fully saturated rings. The number of aromatic nitrogens is 5. The summed E-state index contributed by atoms with van der Waals surface area (Å²) in [5.41, 5.74) is 4.23. The van der Waals surface area contributed by atoms with Crippen molar-refractivity contribution >= 4 is 5.91 Å². The number of nitrogens with zero attached hydrogens (tertiary/aromatic N) is 6. The van der Waals surface area contributed by atoms with Crippen LogP contribution in [0.3, 0.4) is 0 Å². The summed E-state index contributed by atoms with van der Waals surface area (Å²) < 4.78 is 12.8. The predicted molar refractivity (Wildman–Crippen MR) is 116 cm³/mol. The van der Waals surface area contributed by atoms with Gasteiger partial charge in [-0.3, -0.25) is 9.48 Å². The summed E-state index contributed by atoms with van der Waals surface area (Å²) in [6, 6.07) is 0. The van der Waals surface area contributed by atoms with Crippen LogP contribution in [-0.4, -0.2) is 49.0 Å². The molecule has 1 aliphatic heterocycles. The number of amides is 1. The highest BCUT2D eigenvalue weighted by molar-refractivity contribution is 5.94. The van der Waals surface area contributed by atoms with Crippen molar-refractivity contribution in [2.24, 2.45) is 0 Å². The maximum atomic E-state index is 13.4. The molecule has 3 aromatic rings. The molecule has 0 unspecified atom stereocenters. The summed E-state index contributed by atoms with van der Waals surface area (Å²) in [5.74, 6) is 2.54. The molecular formula is C23H30N6O3. The molecule has 0 N–H and O–H groups in total. The van der Waals surface area contributed by atoms with E-state index in [1.54, 1.807) is 0 Å². The van der Waals surface area contributed by atoms with E-state index >= 15 is 0 Å². The van der Waals surface area contributed by atoms with E-state index in [9.17, 15) is 4.79 Å². The van der Waals surface area contributed by atoms with Crippen LogP contribution in [0, 0.1) is 27.7 Å². The Morgan fingerprint density at radius 1 is 1.09 bits per heavy atom. The Hall–Kier alpha value is -2.97. The minimum atomic E-state index is -0.183. The normalized spacial score (nSPS) is 18.3. The van der Waals surface area contributed by atoms with Gasteiger partial charge in [-0.15, -0.1) is 0 Å². The molecule has 32 heavy (non-hydrogen) atoms. The highest BCUT2D eigenvalue weighted by atomic mass is 16.5. The zero-order chi connectivity index (χ0) is 22.6. The fraction of sp³-hybridized carbons (Fsp3) is 0.609. The third kappa shape index (κ3) is 3.53. The Bertz CT molecular complexity index is 1160. The first-order chi connectivity index (χ1) is 15.3. The first-order valence-electron chi connectivity index (χ1n) is 11.4. The van der Waals surface area contributed by atoms with E-state index in [1.165, 1.54) is 0 Å². The average molecular weight is 439 g/mol. The van der Waals surface area contributed by atoms with Crippen molar-refractivity contribution in [3.05, 3.63) is 45.7 Å². The molecule has 5 rings (SSSR count). The van der Waals surface area contributed by atoms with Crippen molar-refractivity contribution in [2.75, 3.05) is 13.1 Å². The van der Waals surface area contributed by atoms with Gasteiger partial charge in [-0.05, 0) is 58.9 Å². The number of likely N-dealkylation sites (tertiary alicyclic amines) is 1. The third-order valence-electron chi connectivity index (χ3n) is 7.30. The molecule has 4 heterocycles. The number of aryl methyl sites for hydroxylation is 2. The van der Waals surface area contributed by atoms with Gasteiger partial charge in [0, 0.05) is 35.7 Å². The van der Waals surface area contributed by atoms with Crippen molar-refractivity contribution in [3.8, 4) is 0 Å². The second-order valence-corrected chi connectivity index (χ2v) is 9.60. The molecule has 1 saturated heterocycles. The second-order valence-electron chi connectivity index (χ2n) is 9.60. The van der Waals surface area contributed by atoms with Crippen LogP contribution < -0.4 is 0 Å². The largest absolute Gasteiger partial charge is 0.361 e. The van der Waals surface area contributed by atoms with Crippen LogP contribution in [0.5, 0.6) is 0 Å². The molecule has 170 valence electrons. The molecule has 3 aromatic heterocycles. The van der Waals surface area contributed by atoms with Gasteiger partial charge in [-0.1, -0.05) is 17.2 Å². The molecule has 2 aliphatic rings. The minimum absolute atomic E-state index is 0.0936. The van der Waals surface area contributed by atoms with E-state index < -0.39 is 0 Å².